The topological polar surface area (TPSA) is 85.6 Å². The van der Waals surface area contributed by atoms with Gasteiger partial charge in [-0.05, 0) is 62.4 Å². The number of hydrogen-bond donors (Lipinski definition) is 1. The molecule has 2 heterocycles. The average molecular weight is 431 g/mol. The molecule has 0 aliphatic heterocycles. The summed E-state index contributed by atoms with van der Waals surface area (Å²) in [4.78, 5) is 36.1. The SMILES string of the molecule is CC(C)(C)OC(=O)n1cc(-c2csc(C(=O)CCCC(=O)O)c2)c2cc(F)ccc21. The zero-order valence-electron chi connectivity index (χ0n) is 16.9. The Bertz CT molecular complexity index is 1120. The van der Waals surface area contributed by atoms with Gasteiger partial charge in [0.15, 0.2) is 5.78 Å². The van der Waals surface area contributed by atoms with Gasteiger partial charge in [-0.1, -0.05) is 0 Å². The highest BCUT2D eigenvalue weighted by Gasteiger charge is 2.22. The maximum Gasteiger partial charge on any atom is 0.419 e. The van der Waals surface area contributed by atoms with Crippen molar-refractivity contribution in [3.05, 3.63) is 46.5 Å². The largest absolute Gasteiger partial charge is 0.481 e. The summed E-state index contributed by atoms with van der Waals surface area (Å²) in [6, 6.07) is 5.82. The molecule has 0 amide bonds. The molecule has 0 spiro atoms. The van der Waals surface area contributed by atoms with Gasteiger partial charge in [-0.2, -0.15) is 0 Å². The van der Waals surface area contributed by atoms with Crippen LogP contribution in [0.15, 0.2) is 35.8 Å². The van der Waals surface area contributed by atoms with Crippen molar-refractivity contribution >= 4 is 40.1 Å². The summed E-state index contributed by atoms with van der Waals surface area (Å²) < 4.78 is 20.7. The minimum Gasteiger partial charge on any atom is -0.481 e. The van der Waals surface area contributed by atoms with Gasteiger partial charge in [0, 0.05) is 30.0 Å². The van der Waals surface area contributed by atoms with Crippen molar-refractivity contribution in [3.8, 4) is 11.1 Å². The van der Waals surface area contributed by atoms with Gasteiger partial charge in [0.25, 0.3) is 0 Å². The van der Waals surface area contributed by atoms with Gasteiger partial charge in [0.2, 0.25) is 0 Å². The van der Waals surface area contributed by atoms with Crippen LogP contribution in [-0.2, 0) is 9.53 Å². The fourth-order valence-electron chi connectivity index (χ4n) is 3.04. The molecule has 0 saturated carbocycles. The predicted molar refractivity (Wildman–Crippen MR) is 113 cm³/mol. The van der Waals surface area contributed by atoms with Crippen molar-refractivity contribution in [2.75, 3.05) is 0 Å². The number of ketones is 1. The minimum atomic E-state index is -0.938. The van der Waals surface area contributed by atoms with Gasteiger partial charge in [0.05, 0.1) is 10.4 Å². The van der Waals surface area contributed by atoms with Gasteiger partial charge >= 0.3 is 12.1 Å². The normalized spacial score (nSPS) is 11.6. The molecule has 2 aromatic heterocycles. The monoisotopic (exact) mass is 431 g/mol. The van der Waals surface area contributed by atoms with Crippen LogP contribution in [0, 0.1) is 5.82 Å². The highest BCUT2D eigenvalue weighted by molar-refractivity contribution is 7.12. The lowest BCUT2D eigenvalue weighted by molar-refractivity contribution is -0.137. The predicted octanol–water partition coefficient (Wildman–Crippen LogP) is 5.73. The first-order valence-corrected chi connectivity index (χ1v) is 10.3. The number of aliphatic carboxylic acids is 1. The van der Waals surface area contributed by atoms with Crippen LogP contribution in [0.1, 0.15) is 49.7 Å². The fraction of sp³-hybridized carbons (Fsp3) is 0.318. The quantitative estimate of drug-likeness (QED) is 0.504. The third kappa shape index (κ3) is 4.94. The van der Waals surface area contributed by atoms with E-state index in [9.17, 15) is 18.8 Å². The minimum absolute atomic E-state index is 0.0629. The van der Waals surface area contributed by atoms with Crippen molar-refractivity contribution in [2.45, 2.75) is 45.6 Å². The third-order valence-electron chi connectivity index (χ3n) is 4.34. The molecular weight excluding hydrogens is 409 g/mol. The van der Waals surface area contributed by atoms with E-state index < -0.39 is 23.5 Å². The van der Waals surface area contributed by atoms with E-state index in [1.807, 2.05) is 0 Å². The summed E-state index contributed by atoms with van der Waals surface area (Å²) in [7, 11) is 0. The number of thiophene rings is 1. The van der Waals surface area contributed by atoms with Gasteiger partial charge in [-0.15, -0.1) is 11.3 Å². The molecule has 1 N–H and O–H groups in total. The van der Waals surface area contributed by atoms with Crippen LogP contribution in [0.5, 0.6) is 0 Å². The van der Waals surface area contributed by atoms with Gasteiger partial charge in [-0.3, -0.25) is 14.2 Å². The molecule has 0 unspecified atom stereocenters. The average Bonchev–Trinajstić information content (AvgIpc) is 3.24. The second-order valence-corrected chi connectivity index (χ2v) is 8.84. The highest BCUT2D eigenvalue weighted by atomic mass is 32.1. The molecule has 3 aromatic rings. The van der Waals surface area contributed by atoms with Crippen LogP contribution in [0.4, 0.5) is 9.18 Å². The van der Waals surface area contributed by atoms with Crippen molar-refractivity contribution in [1.29, 1.82) is 0 Å². The lowest BCUT2D eigenvalue weighted by Gasteiger charge is -2.19. The van der Waals surface area contributed by atoms with E-state index in [-0.39, 0.29) is 25.0 Å². The van der Waals surface area contributed by atoms with E-state index >= 15 is 0 Å². The number of ether oxygens (including phenoxy) is 1. The number of halogens is 1. The first kappa shape index (κ1) is 21.7. The molecule has 3 rings (SSSR count). The summed E-state index contributed by atoms with van der Waals surface area (Å²) in [5, 5.41) is 11.0. The molecule has 158 valence electrons. The number of carbonyl (C=O) groups is 3. The molecule has 30 heavy (non-hydrogen) atoms. The lowest BCUT2D eigenvalue weighted by Crippen LogP contribution is -2.26. The molecule has 1 aromatic carbocycles. The molecule has 0 fully saturated rings. The van der Waals surface area contributed by atoms with E-state index in [1.165, 1.54) is 34.1 Å². The van der Waals surface area contributed by atoms with Crippen LogP contribution in [0.3, 0.4) is 0 Å². The van der Waals surface area contributed by atoms with Gasteiger partial charge in [-0.25, -0.2) is 9.18 Å². The first-order valence-electron chi connectivity index (χ1n) is 9.43. The summed E-state index contributed by atoms with van der Waals surface area (Å²) in [5.41, 5.74) is 1.10. The molecule has 0 saturated heterocycles. The molecule has 8 heteroatoms. The Labute approximate surface area is 176 Å². The Kier molecular flexibility index (Phi) is 6.07. The van der Waals surface area contributed by atoms with E-state index in [4.69, 9.17) is 9.84 Å². The smallest absolute Gasteiger partial charge is 0.419 e. The summed E-state index contributed by atoms with van der Waals surface area (Å²) in [6.07, 6.45) is 1.35. The number of Topliss-reactive ketones (excluding diaryl/α,β-unsaturated/α-hetero) is 1. The highest BCUT2D eigenvalue weighted by Crippen LogP contribution is 2.35. The number of benzene rings is 1. The molecule has 0 radical (unpaired) electrons. The standard InChI is InChI=1S/C22H22FNO5S/c1-22(2,3)29-21(28)24-11-16(15-10-14(23)7-8-17(15)24)13-9-19(30-12-13)18(25)5-4-6-20(26)27/h7-12H,4-6H2,1-3H3,(H,26,27). The second kappa shape index (κ2) is 8.39. The molecule has 0 aliphatic carbocycles. The zero-order valence-corrected chi connectivity index (χ0v) is 17.7. The van der Waals surface area contributed by atoms with Crippen LogP contribution >= 0.6 is 11.3 Å². The van der Waals surface area contributed by atoms with Crippen molar-refractivity contribution in [2.24, 2.45) is 0 Å². The number of fused-ring (bicyclic) bond motifs is 1. The van der Waals surface area contributed by atoms with Crippen molar-refractivity contribution < 1.29 is 28.6 Å². The number of carboxylic acid groups (broad SMARTS) is 1. The fourth-order valence-corrected chi connectivity index (χ4v) is 3.92. The van der Waals surface area contributed by atoms with Crippen LogP contribution in [0.25, 0.3) is 22.0 Å². The number of rotatable bonds is 6. The van der Waals surface area contributed by atoms with E-state index in [2.05, 4.69) is 0 Å². The maximum atomic E-state index is 13.9. The second-order valence-electron chi connectivity index (χ2n) is 7.92. The Morgan fingerprint density at radius 3 is 2.57 bits per heavy atom. The molecule has 0 bridgehead atoms. The number of hydrogen-bond acceptors (Lipinski definition) is 5. The van der Waals surface area contributed by atoms with Crippen molar-refractivity contribution in [1.82, 2.24) is 4.57 Å². The zero-order chi connectivity index (χ0) is 22.1. The van der Waals surface area contributed by atoms with Gasteiger partial charge in [0.1, 0.15) is 11.4 Å². The molecular formula is C22H22FNO5S. The number of nitrogens with zero attached hydrogens (tertiary/aromatic N) is 1. The first-order chi connectivity index (χ1) is 14.0. The number of carboxylic acids is 1. The summed E-state index contributed by atoms with van der Waals surface area (Å²) in [6.45, 7) is 5.29. The Morgan fingerprint density at radius 2 is 1.90 bits per heavy atom. The van der Waals surface area contributed by atoms with Crippen LogP contribution in [-0.4, -0.2) is 33.1 Å². The van der Waals surface area contributed by atoms with E-state index in [0.717, 1.165) is 0 Å². The number of aromatic nitrogens is 1. The number of carbonyl (C=O) groups excluding carboxylic acids is 2. The molecule has 6 nitrogen and oxygen atoms in total. The van der Waals surface area contributed by atoms with E-state index in [1.54, 1.807) is 38.4 Å². The molecule has 0 aliphatic rings. The Balaban J connectivity index is 1.95. The van der Waals surface area contributed by atoms with Crippen molar-refractivity contribution in [3.63, 3.8) is 0 Å². The summed E-state index contributed by atoms with van der Waals surface area (Å²) >= 11 is 1.24. The maximum absolute atomic E-state index is 13.9. The van der Waals surface area contributed by atoms with Crippen LogP contribution in [0.2, 0.25) is 0 Å². The van der Waals surface area contributed by atoms with Gasteiger partial charge < -0.3 is 9.84 Å². The molecule has 0 atom stereocenters. The third-order valence-corrected chi connectivity index (χ3v) is 5.31. The Morgan fingerprint density at radius 1 is 1.17 bits per heavy atom. The lowest BCUT2D eigenvalue weighted by atomic mass is 10.1. The Hall–Kier alpha value is -3.00. The summed E-state index contributed by atoms with van der Waals surface area (Å²) in [5.74, 6) is -1.52. The van der Waals surface area contributed by atoms with Crippen LogP contribution < -0.4 is 0 Å². The van der Waals surface area contributed by atoms with E-state index in [0.29, 0.717) is 26.9 Å².